The van der Waals surface area contributed by atoms with Crippen LogP contribution in [-0.2, 0) is 17.9 Å². The zero-order valence-electron chi connectivity index (χ0n) is 14.8. The number of aryl methyl sites for hydroxylation is 1. The van der Waals surface area contributed by atoms with E-state index in [1.165, 1.54) is 0 Å². The maximum Gasteiger partial charge on any atom is 0.191 e. The average molecular weight is 458 g/mol. The molecule has 0 aliphatic heterocycles. The molecule has 2 rings (SSSR count). The van der Waals surface area contributed by atoms with Crippen LogP contribution in [0.3, 0.4) is 0 Å². The Hall–Kier alpha value is -1.61. The van der Waals surface area contributed by atoms with Crippen molar-refractivity contribution in [2.45, 2.75) is 33.4 Å². The highest BCUT2D eigenvalue weighted by atomic mass is 127. The number of nitrogens with one attached hydrogen (secondary N) is 2. The minimum Gasteiger partial charge on any atom is -0.467 e. The molecule has 2 N–H and O–H groups in total. The van der Waals surface area contributed by atoms with E-state index in [1.54, 1.807) is 12.5 Å². The minimum atomic E-state index is 0. The Morgan fingerprint density at radius 1 is 1.28 bits per heavy atom. The molecule has 138 valence electrons. The SMILES string of the molecule is CCNC(=NCc1ncccc1C)NCCCOCc1ccco1.I. The lowest BCUT2D eigenvalue weighted by atomic mass is 10.2. The summed E-state index contributed by atoms with van der Waals surface area (Å²) in [6.45, 7) is 7.47. The Morgan fingerprint density at radius 2 is 2.16 bits per heavy atom. The van der Waals surface area contributed by atoms with Gasteiger partial charge in [0.15, 0.2) is 5.96 Å². The van der Waals surface area contributed by atoms with E-state index in [1.807, 2.05) is 18.2 Å². The van der Waals surface area contributed by atoms with Crippen molar-refractivity contribution in [1.29, 1.82) is 0 Å². The maximum absolute atomic E-state index is 5.56. The topological polar surface area (TPSA) is 71.7 Å². The largest absolute Gasteiger partial charge is 0.467 e. The smallest absolute Gasteiger partial charge is 0.191 e. The van der Waals surface area contributed by atoms with Gasteiger partial charge in [0, 0.05) is 25.9 Å². The van der Waals surface area contributed by atoms with Crippen LogP contribution < -0.4 is 10.6 Å². The number of hydrogen-bond acceptors (Lipinski definition) is 4. The standard InChI is InChI=1S/C18H26N4O2.HI/c1-3-19-18(22-13-17-15(2)7-4-9-20-17)21-10-6-11-23-14-16-8-5-12-24-16;/h4-5,7-9,12H,3,6,10-11,13-14H2,1-2H3,(H2,19,21,22);1H. The Morgan fingerprint density at radius 3 is 2.88 bits per heavy atom. The van der Waals surface area contributed by atoms with Crippen LogP contribution in [0.5, 0.6) is 0 Å². The summed E-state index contributed by atoms with van der Waals surface area (Å²) < 4.78 is 10.8. The molecule has 0 saturated heterocycles. The van der Waals surface area contributed by atoms with Crippen LogP contribution in [0.25, 0.3) is 0 Å². The second-order valence-corrected chi connectivity index (χ2v) is 5.37. The number of hydrogen-bond donors (Lipinski definition) is 2. The van der Waals surface area contributed by atoms with Gasteiger partial charge in [0.1, 0.15) is 12.4 Å². The number of halogens is 1. The van der Waals surface area contributed by atoms with Gasteiger partial charge in [-0.1, -0.05) is 6.07 Å². The molecule has 0 atom stereocenters. The molecule has 0 aromatic carbocycles. The highest BCUT2D eigenvalue weighted by Gasteiger charge is 2.01. The first-order chi connectivity index (χ1) is 11.8. The van der Waals surface area contributed by atoms with Crippen molar-refractivity contribution >= 4 is 29.9 Å². The van der Waals surface area contributed by atoms with E-state index in [-0.39, 0.29) is 24.0 Å². The summed E-state index contributed by atoms with van der Waals surface area (Å²) in [5, 5.41) is 6.55. The fraction of sp³-hybridized carbons (Fsp3) is 0.444. The van der Waals surface area contributed by atoms with Crippen LogP contribution in [0, 0.1) is 6.92 Å². The molecular formula is C18H27IN4O2. The molecule has 0 radical (unpaired) electrons. The van der Waals surface area contributed by atoms with E-state index in [0.29, 0.717) is 19.8 Å². The molecule has 0 unspecified atom stereocenters. The zero-order chi connectivity index (χ0) is 17.0. The van der Waals surface area contributed by atoms with E-state index in [2.05, 4.69) is 40.5 Å². The first-order valence-corrected chi connectivity index (χ1v) is 8.32. The van der Waals surface area contributed by atoms with Gasteiger partial charge >= 0.3 is 0 Å². The van der Waals surface area contributed by atoms with Gasteiger partial charge in [0.05, 0.1) is 18.5 Å². The maximum atomic E-state index is 5.56. The van der Waals surface area contributed by atoms with Gasteiger partial charge in [-0.05, 0) is 44.0 Å². The molecule has 6 nitrogen and oxygen atoms in total. The Bertz CT molecular complexity index is 617. The minimum absolute atomic E-state index is 0. The third-order valence-electron chi connectivity index (χ3n) is 3.43. The normalized spacial score (nSPS) is 11.0. The predicted octanol–water partition coefficient (Wildman–Crippen LogP) is 3.26. The van der Waals surface area contributed by atoms with Crippen LogP contribution in [0.15, 0.2) is 46.1 Å². The van der Waals surface area contributed by atoms with Crippen molar-refractivity contribution in [2.75, 3.05) is 19.7 Å². The number of ether oxygens (including phenoxy) is 1. The molecule has 2 aromatic heterocycles. The van der Waals surface area contributed by atoms with Gasteiger partial charge in [-0.15, -0.1) is 24.0 Å². The van der Waals surface area contributed by atoms with Crippen LogP contribution in [-0.4, -0.2) is 30.6 Å². The van der Waals surface area contributed by atoms with Gasteiger partial charge in [0.25, 0.3) is 0 Å². The summed E-state index contributed by atoms with van der Waals surface area (Å²) >= 11 is 0. The molecule has 0 spiro atoms. The molecule has 0 aliphatic carbocycles. The van der Waals surface area contributed by atoms with Gasteiger partial charge in [-0.25, -0.2) is 4.99 Å². The van der Waals surface area contributed by atoms with E-state index in [9.17, 15) is 0 Å². The number of pyridine rings is 1. The molecule has 0 aliphatic rings. The third-order valence-corrected chi connectivity index (χ3v) is 3.43. The Labute approximate surface area is 166 Å². The number of rotatable bonds is 9. The summed E-state index contributed by atoms with van der Waals surface area (Å²) in [6.07, 6.45) is 4.35. The average Bonchev–Trinajstić information content (AvgIpc) is 3.10. The molecular weight excluding hydrogens is 431 g/mol. The lowest BCUT2D eigenvalue weighted by molar-refractivity contribution is 0.105. The predicted molar refractivity (Wildman–Crippen MR) is 110 cm³/mol. The van der Waals surface area contributed by atoms with E-state index < -0.39 is 0 Å². The fourth-order valence-electron chi connectivity index (χ4n) is 2.13. The van der Waals surface area contributed by atoms with Crippen LogP contribution >= 0.6 is 24.0 Å². The summed E-state index contributed by atoms with van der Waals surface area (Å²) in [7, 11) is 0. The van der Waals surface area contributed by atoms with E-state index in [4.69, 9.17) is 9.15 Å². The van der Waals surface area contributed by atoms with Gasteiger partial charge in [-0.2, -0.15) is 0 Å². The van der Waals surface area contributed by atoms with Gasteiger partial charge in [0.2, 0.25) is 0 Å². The molecule has 7 heteroatoms. The van der Waals surface area contributed by atoms with Crippen LogP contribution in [0.2, 0.25) is 0 Å². The van der Waals surface area contributed by atoms with Crippen LogP contribution in [0.1, 0.15) is 30.4 Å². The fourth-order valence-corrected chi connectivity index (χ4v) is 2.13. The Balaban J connectivity index is 0.00000312. The molecule has 2 heterocycles. The molecule has 0 saturated carbocycles. The number of furan rings is 1. The quantitative estimate of drug-likeness (QED) is 0.261. The Kier molecular flexibility index (Phi) is 10.9. The highest BCUT2D eigenvalue weighted by Crippen LogP contribution is 2.04. The van der Waals surface area contributed by atoms with Crippen molar-refractivity contribution in [1.82, 2.24) is 15.6 Å². The van der Waals surface area contributed by atoms with Crippen molar-refractivity contribution in [2.24, 2.45) is 4.99 Å². The molecule has 2 aromatic rings. The van der Waals surface area contributed by atoms with Crippen molar-refractivity contribution in [3.8, 4) is 0 Å². The van der Waals surface area contributed by atoms with E-state index >= 15 is 0 Å². The number of nitrogens with zero attached hydrogens (tertiary/aromatic N) is 2. The first-order valence-electron chi connectivity index (χ1n) is 8.32. The monoisotopic (exact) mass is 458 g/mol. The lowest BCUT2D eigenvalue weighted by Gasteiger charge is -2.11. The number of aliphatic imine (C=N–C) groups is 1. The van der Waals surface area contributed by atoms with Crippen LogP contribution in [0.4, 0.5) is 0 Å². The van der Waals surface area contributed by atoms with Gasteiger partial charge in [-0.3, -0.25) is 4.98 Å². The molecule has 0 fully saturated rings. The lowest BCUT2D eigenvalue weighted by Crippen LogP contribution is -2.38. The summed E-state index contributed by atoms with van der Waals surface area (Å²) in [5.74, 6) is 1.65. The number of guanidine groups is 1. The summed E-state index contributed by atoms with van der Waals surface area (Å²) in [5.41, 5.74) is 2.15. The molecule has 0 amide bonds. The first kappa shape index (κ1) is 21.4. The molecule has 0 bridgehead atoms. The second-order valence-electron chi connectivity index (χ2n) is 5.37. The molecule has 25 heavy (non-hydrogen) atoms. The summed E-state index contributed by atoms with van der Waals surface area (Å²) in [6, 6.07) is 7.76. The van der Waals surface area contributed by atoms with Gasteiger partial charge < -0.3 is 19.8 Å². The zero-order valence-corrected chi connectivity index (χ0v) is 17.2. The van der Waals surface area contributed by atoms with Crippen molar-refractivity contribution < 1.29 is 9.15 Å². The summed E-state index contributed by atoms with van der Waals surface area (Å²) in [4.78, 5) is 8.94. The van der Waals surface area contributed by atoms with Crippen molar-refractivity contribution in [3.05, 3.63) is 53.7 Å². The highest BCUT2D eigenvalue weighted by molar-refractivity contribution is 14.0. The van der Waals surface area contributed by atoms with E-state index in [0.717, 1.165) is 42.5 Å². The number of aromatic nitrogens is 1. The third kappa shape index (κ3) is 8.35. The second kappa shape index (κ2) is 12.7. The van der Waals surface area contributed by atoms with Crippen molar-refractivity contribution in [3.63, 3.8) is 0 Å².